The lowest BCUT2D eigenvalue weighted by atomic mass is 9.85. The number of ether oxygens (including phenoxy) is 1. The monoisotopic (exact) mass is 626 g/mol. The van der Waals surface area contributed by atoms with Crippen molar-refractivity contribution in [1.29, 1.82) is 5.26 Å². The molecule has 0 aliphatic carbocycles. The Hall–Kier alpha value is -3.92. The van der Waals surface area contributed by atoms with Gasteiger partial charge in [-0.2, -0.15) is 5.26 Å². The van der Waals surface area contributed by atoms with Crippen LogP contribution >= 0.6 is 11.6 Å². The largest absolute Gasteiger partial charge is 0.392 e. The molecule has 10 nitrogen and oxygen atoms in total. The summed E-state index contributed by atoms with van der Waals surface area (Å²) in [6, 6.07) is 13.8. The molecule has 4 N–H and O–H groups in total. The molecule has 0 amide bonds. The van der Waals surface area contributed by atoms with Crippen LogP contribution in [-0.4, -0.2) is 65.7 Å². The van der Waals surface area contributed by atoms with Crippen LogP contribution in [0.15, 0.2) is 66.8 Å². The molecule has 1 unspecified atom stereocenters. The number of aliphatic hydroxyl groups is 2. The fourth-order valence-corrected chi connectivity index (χ4v) is 4.44. The number of rotatable bonds is 10. The van der Waals surface area contributed by atoms with E-state index in [1.54, 1.807) is 27.2 Å². The molecule has 3 aromatic rings. The zero-order chi connectivity index (χ0) is 32.5. The summed E-state index contributed by atoms with van der Waals surface area (Å²) in [6.45, 7) is 3.77. The second-order valence-electron chi connectivity index (χ2n) is 9.79. The molecule has 0 bridgehead atoms. The summed E-state index contributed by atoms with van der Waals surface area (Å²) in [6.07, 6.45) is 5.97. The van der Waals surface area contributed by atoms with E-state index < -0.39 is 17.6 Å². The summed E-state index contributed by atoms with van der Waals surface area (Å²) in [5.41, 5.74) is -1.04. The molecule has 44 heavy (non-hydrogen) atoms. The molecule has 12 heteroatoms. The van der Waals surface area contributed by atoms with Crippen molar-refractivity contribution in [2.24, 2.45) is 0 Å². The summed E-state index contributed by atoms with van der Waals surface area (Å²) in [7, 11) is 4.81. The van der Waals surface area contributed by atoms with Crippen LogP contribution in [0.3, 0.4) is 0 Å². The Bertz CT molecular complexity index is 1380. The van der Waals surface area contributed by atoms with E-state index in [0.717, 1.165) is 24.3 Å². The van der Waals surface area contributed by atoms with Crippen LogP contribution in [0.5, 0.6) is 0 Å². The second-order valence-corrected chi connectivity index (χ2v) is 10.2. The normalized spacial score (nSPS) is 14.6. The van der Waals surface area contributed by atoms with Crippen LogP contribution < -0.4 is 10.6 Å². The van der Waals surface area contributed by atoms with E-state index >= 15 is 4.39 Å². The Balaban J connectivity index is 0.000000460. The average Bonchev–Trinajstić information content (AvgIpc) is 3.64. The molecule has 4 rings (SSSR count). The number of aldehydes is 1. The molecular formula is C32H40ClFN6O4. The van der Waals surface area contributed by atoms with Crippen molar-refractivity contribution in [3.05, 3.63) is 106 Å². The van der Waals surface area contributed by atoms with Crippen LogP contribution in [0, 0.1) is 17.1 Å². The zero-order valence-corrected chi connectivity index (χ0v) is 26.2. The van der Waals surface area contributed by atoms with Crippen molar-refractivity contribution in [1.82, 2.24) is 25.5 Å². The highest BCUT2D eigenvalue weighted by Crippen LogP contribution is 2.35. The first-order chi connectivity index (χ1) is 21.1. The van der Waals surface area contributed by atoms with Crippen LogP contribution in [0.1, 0.15) is 65.3 Å². The van der Waals surface area contributed by atoms with Gasteiger partial charge in [0.1, 0.15) is 29.5 Å². The van der Waals surface area contributed by atoms with Crippen LogP contribution in [0.25, 0.3) is 0 Å². The number of nitriles is 1. The van der Waals surface area contributed by atoms with Gasteiger partial charge in [-0.1, -0.05) is 36.7 Å². The standard InChI is InChI=1S/C22H27FN6O3.C6H5Cl.C4H8O/c1-5-22(32,18(26-3)11-25-2)16-6-15(13-30)20(17(23)7-16)21(31)29(4)12-19-27-9-14(8-24)10-28-19;7-6-4-2-1-3-5-6;1-2-4-5-3-1/h6-7,9-11,13,21,25-26,31-32H,5,12H2,1-4H3;1-5H;1-4H2/b18-11-;;/t21-,22?;;/m1../s1. The second kappa shape index (κ2) is 18.7. The molecule has 236 valence electrons. The topological polar surface area (TPSA) is 144 Å². The van der Waals surface area contributed by atoms with E-state index in [2.05, 4.69) is 20.6 Å². The van der Waals surface area contributed by atoms with Crippen LogP contribution in [-0.2, 0) is 16.9 Å². The maximum absolute atomic E-state index is 15.2. The van der Waals surface area contributed by atoms with Gasteiger partial charge in [-0.05, 0) is 56.1 Å². The van der Waals surface area contributed by atoms with Gasteiger partial charge in [0.2, 0.25) is 0 Å². The third kappa shape index (κ3) is 10.4. The van der Waals surface area contributed by atoms with Gasteiger partial charge in [0.25, 0.3) is 0 Å². The number of carbonyl (C=O) groups is 1. The number of halogens is 2. The summed E-state index contributed by atoms with van der Waals surface area (Å²) in [4.78, 5) is 21.2. The van der Waals surface area contributed by atoms with Crippen molar-refractivity contribution in [3.8, 4) is 6.07 Å². The number of carbonyl (C=O) groups excluding carboxylic acids is 1. The minimum Gasteiger partial charge on any atom is -0.392 e. The molecule has 2 aromatic carbocycles. The molecule has 1 fully saturated rings. The Labute approximate surface area is 263 Å². The van der Waals surface area contributed by atoms with Gasteiger partial charge >= 0.3 is 0 Å². The first-order valence-electron chi connectivity index (χ1n) is 14.1. The van der Waals surface area contributed by atoms with Gasteiger partial charge in [-0.25, -0.2) is 14.4 Å². The highest BCUT2D eigenvalue weighted by atomic mass is 35.5. The Morgan fingerprint density at radius 2 is 1.86 bits per heavy atom. The van der Waals surface area contributed by atoms with Crippen molar-refractivity contribution >= 4 is 17.9 Å². The number of nitrogens with zero attached hydrogens (tertiary/aromatic N) is 4. The number of nitrogens with one attached hydrogen (secondary N) is 2. The lowest BCUT2D eigenvalue weighted by Crippen LogP contribution is -2.35. The molecule has 1 aromatic heterocycles. The molecule has 1 aliphatic rings. The Kier molecular flexibility index (Phi) is 15.4. The van der Waals surface area contributed by atoms with Gasteiger partial charge in [0, 0.05) is 62.1 Å². The van der Waals surface area contributed by atoms with E-state index in [-0.39, 0.29) is 29.7 Å². The third-order valence-corrected chi connectivity index (χ3v) is 6.99. The van der Waals surface area contributed by atoms with E-state index in [9.17, 15) is 15.0 Å². The van der Waals surface area contributed by atoms with E-state index in [4.69, 9.17) is 21.6 Å². The molecule has 0 radical (unpaired) electrons. The number of aromatic nitrogens is 2. The van der Waals surface area contributed by atoms with Crippen LogP contribution in [0.2, 0.25) is 5.02 Å². The minimum absolute atomic E-state index is 0.0417. The van der Waals surface area contributed by atoms with E-state index in [1.165, 1.54) is 43.2 Å². The Morgan fingerprint density at radius 3 is 2.30 bits per heavy atom. The Morgan fingerprint density at radius 1 is 1.23 bits per heavy atom. The number of likely N-dealkylation sites (N-methyl/N-ethyl adjacent to an activating group) is 1. The lowest BCUT2D eigenvalue weighted by Gasteiger charge is -2.32. The molecule has 1 saturated heterocycles. The smallest absolute Gasteiger partial charge is 0.150 e. The number of aliphatic hydroxyl groups excluding tert-OH is 1. The SMILES string of the molecule is C1CCOC1.CCC(O)(/C(=C/NC)NC)c1cc(F)c([C@@H](O)N(C)Cc2ncc(C#N)cn2)c(C=O)c1.Clc1ccccc1. The molecule has 0 saturated carbocycles. The van der Waals surface area contributed by atoms with Gasteiger partial charge in [-0.15, -0.1) is 0 Å². The molecule has 0 spiro atoms. The highest BCUT2D eigenvalue weighted by Gasteiger charge is 2.34. The zero-order valence-electron chi connectivity index (χ0n) is 25.4. The lowest BCUT2D eigenvalue weighted by molar-refractivity contribution is 0.0101. The summed E-state index contributed by atoms with van der Waals surface area (Å²) < 4.78 is 20.1. The van der Waals surface area contributed by atoms with Crippen molar-refractivity contribution in [3.63, 3.8) is 0 Å². The third-order valence-electron chi connectivity index (χ3n) is 6.74. The maximum atomic E-state index is 15.2. The van der Waals surface area contributed by atoms with E-state index in [1.807, 2.05) is 36.4 Å². The van der Waals surface area contributed by atoms with Gasteiger partial charge in [0.05, 0.1) is 17.8 Å². The summed E-state index contributed by atoms with van der Waals surface area (Å²) >= 11 is 5.54. The first kappa shape index (κ1) is 36.3. The summed E-state index contributed by atoms with van der Waals surface area (Å²) in [5, 5.41) is 37.3. The molecule has 2 heterocycles. The fraction of sp³-hybridized carbons (Fsp3) is 0.375. The highest BCUT2D eigenvalue weighted by molar-refractivity contribution is 6.30. The molecule has 2 atom stereocenters. The number of hydrogen-bond donors (Lipinski definition) is 4. The molecular weight excluding hydrogens is 587 g/mol. The maximum Gasteiger partial charge on any atom is 0.150 e. The van der Waals surface area contributed by atoms with Gasteiger partial charge in [0.15, 0.2) is 6.29 Å². The van der Waals surface area contributed by atoms with Crippen LogP contribution in [0.4, 0.5) is 4.39 Å². The van der Waals surface area contributed by atoms with Crippen molar-refractivity contribution < 1.29 is 24.1 Å². The van der Waals surface area contributed by atoms with Gasteiger partial charge < -0.3 is 25.6 Å². The van der Waals surface area contributed by atoms with E-state index in [0.29, 0.717) is 23.4 Å². The predicted octanol–water partition coefficient (Wildman–Crippen LogP) is 4.44. The predicted molar refractivity (Wildman–Crippen MR) is 167 cm³/mol. The van der Waals surface area contributed by atoms with Crippen molar-refractivity contribution in [2.75, 3.05) is 34.4 Å². The summed E-state index contributed by atoms with van der Waals surface area (Å²) in [5.74, 6) is -0.525. The number of benzene rings is 2. The molecule has 1 aliphatic heterocycles. The average molecular weight is 627 g/mol. The fourth-order valence-electron chi connectivity index (χ4n) is 4.29. The quantitative estimate of drug-likeness (QED) is 0.188. The van der Waals surface area contributed by atoms with Gasteiger partial charge in [-0.3, -0.25) is 9.69 Å². The van der Waals surface area contributed by atoms with Crippen molar-refractivity contribution in [2.45, 2.75) is 44.6 Å². The minimum atomic E-state index is -1.58. The first-order valence-corrected chi connectivity index (χ1v) is 14.5. The number of hydrogen-bond acceptors (Lipinski definition) is 10.